The highest BCUT2D eigenvalue weighted by Gasteiger charge is 2.85. The van der Waals surface area contributed by atoms with Crippen molar-refractivity contribution in [1.82, 2.24) is 10.3 Å². The highest BCUT2D eigenvalue weighted by Crippen LogP contribution is 2.58. The minimum Gasteiger partial charge on any atom is -0.466 e. The van der Waals surface area contributed by atoms with E-state index in [-0.39, 0.29) is 23.3 Å². The average Bonchev–Trinajstić information content (AvgIpc) is 3.55. The van der Waals surface area contributed by atoms with E-state index >= 15 is 0 Å². The fourth-order valence-corrected chi connectivity index (χ4v) is 4.35. The molecule has 0 spiro atoms. The fourth-order valence-electron chi connectivity index (χ4n) is 4.35. The molecule has 1 saturated heterocycles. The maximum atomic E-state index is 13.3. The van der Waals surface area contributed by atoms with Gasteiger partial charge in [0.1, 0.15) is 5.82 Å². The van der Waals surface area contributed by atoms with Gasteiger partial charge < -0.3 is 20.1 Å². The Morgan fingerprint density at radius 2 is 1.91 bits per heavy atom. The molecule has 8 nitrogen and oxygen atoms in total. The number of methoxy groups -OCH3 is 1. The molecule has 33 heavy (non-hydrogen) atoms. The van der Waals surface area contributed by atoms with E-state index in [0.717, 1.165) is 29.8 Å². The number of Topliss-reactive ketones (excluding diaryl/α,β-unsaturated/α-hetero) is 2. The molecule has 2 N–H and O–H groups in total. The third-order valence-corrected chi connectivity index (χ3v) is 6.25. The van der Waals surface area contributed by atoms with E-state index in [9.17, 15) is 14.4 Å². The first kappa shape index (κ1) is 22.8. The molecular weight excluding hydrogens is 422 g/mol. The number of allylic oxidation sites excluding steroid dienone is 1. The summed E-state index contributed by atoms with van der Waals surface area (Å²) in [6.07, 6.45) is 5.29. The van der Waals surface area contributed by atoms with Crippen LogP contribution in [-0.4, -0.2) is 54.5 Å². The second kappa shape index (κ2) is 8.88. The number of aromatic nitrogens is 1. The second-order valence-electron chi connectivity index (χ2n) is 8.32. The van der Waals surface area contributed by atoms with Crippen molar-refractivity contribution >= 4 is 23.4 Å². The molecule has 2 atom stereocenters. The lowest BCUT2D eigenvalue weighted by Crippen LogP contribution is -2.50. The number of pyridine rings is 1. The summed E-state index contributed by atoms with van der Waals surface area (Å²) in [5.74, 6) is -0.920. The van der Waals surface area contributed by atoms with Crippen LogP contribution in [0.5, 0.6) is 0 Å². The topological polar surface area (TPSA) is 110 Å². The standard InChI is InChI=1S/C25H27N3O5/c1-16(8-9-17-11-13-27-20(14-17)28-15-26-2)10-12-24-21(29)18-6-4-5-7-19(18)22(30)25(24,33-24)23(31)32-3/h4-7,10-11,13-14,26H,8-9,12,15H2,1-3H3,(H,27,28)/b16-10+/t24-,25-/m0/s1. The molecule has 8 heteroatoms. The smallest absolute Gasteiger partial charge is 0.350 e. The molecule has 0 bridgehead atoms. The van der Waals surface area contributed by atoms with E-state index in [2.05, 4.69) is 15.6 Å². The molecule has 1 aliphatic carbocycles. The molecule has 1 fully saturated rings. The largest absolute Gasteiger partial charge is 0.466 e. The SMILES string of the molecule is CNCNc1cc(CC/C(C)=C/C[C@@]23O[C@]2(C(=O)OC)C(=O)c2ccccc2C3=O)ccn1. The molecule has 0 radical (unpaired) electrons. The van der Waals surface area contributed by atoms with Gasteiger partial charge in [-0.3, -0.25) is 9.59 Å². The number of epoxide rings is 1. The number of esters is 1. The number of carbonyl (C=O) groups is 3. The maximum Gasteiger partial charge on any atom is 0.350 e. The minimum atomic E-state index is -1.90. The summed E-state index contributed by atoms with van der Waals surface area (Å²) in [4.78, 5) is 43.4. The van der Waals surface area contributed by atoms with E-state index in [4.69, 9.17) is 9.47 Å². The van der Waals surface area contributed by atoms with Gasteiger partial charge in [0.25, 0.3) is 5.60 Å². The zero-order valence-corrected chi connectivity index (χ0v) is 18.9. The monoisotopic (exact) mass is 449 g/mol. The molecule has 2 heterocycles. The normalized spacial score (nSPS) is 23.5. The third kappa shape index (κ3) is 3.75. The molecule has 0 unspecified atom stereocenters. The molecule has 172 valence electrons. The van der Waals surface area contributed by atoms with Gasteiger partial charge in [-0.1, -0.05) is 35.9 Å². The van der Waals surface area contributed by atoms with Gasteiger partial charge in [0.2, 0.25) is 5.78 Å². The van der Waals surface area contributed by atoms with Crippen LogP contribution in [0.15, 0.2) is 54.2 Å². The summed E-state index contributed by atoms with van der Waals surface area (Å²) >= 11 is 0. The van der Waals surface area contributed by atoms with Crippen molar-refractivity contribution in [2.75, 3.05) is 26.1 Å². The first-order valence-electron chi connectivity index (χ1n) is 10.9. The Morgan fingerprint density at radius 1 is 1.18 bits per heavy atom. The number of aryl methyl sites for hydroxylation is 1. The quantitative estimate of drug-likeness (QED) is 0.198. The maximum absolute atomic E-state index is 13.3. The molecule has 4 rings (SSSR count). The first-order valence-corrected chi connectivity index (χ1v) is 10.9. The van der Waals surface area contributed by atoms with Gasteiger partial charge in [0.05, 0.1) is 13.8 Å². The van der Waals surface area contributed by atoms with Gasteiger partial charge in [-0.05, 0) is 44.5 Å². The number of ketones is 2. The average molecular weight is 450 g/mol. The summed E-state index contributed by atoms with van der Waals surface area (Å²) in [5, 5.41) is 6.18. The highest BCUT2D eigenvalue weighted by molar-refractivity contribution is 6.32. The van der Waals surface area contributed by atoms with Crippen LogP contribution in [-0.2, 0) is 20.7 Å². The van der Waals surface area contributed by atoms with Crippen LogP contribution in [0.4, 0.5) is 5.82 Å². The minimum absolute atomic E-state index is 0.123. The molecule has 0 saturated carbocycles. The Labute approximate surface area is 192 Å². The molecule has 1 aromatic carbocycles. The van der Waals surface area contributed by atoms with Crippen LogP contribution in [0.2, 0.25) is 0 Å². The molecule has 2 aromatic rings. The fraction of sp³-hybridized carbons (Fsp3) is 0.360. The van der Waals surface area contributed by atoms with Gasteiger partial charge in [-0.2, -0.15) is 0 Å². The van der Waals surface area contributed by atoms with Crippen LogP contribution in [0.3, 0.4) is 0 Å². The Balaban J connectivity index is 1.51. The van der Waals surface area contributed by atoms with Crippen LogP contribution in [0.1, 0.15) is 46.0 Å². The van der Waals surface area contributed by atoms with E-state index in [1.165, 1.54) is 7.11 Å². The Hall–Kier alpha value is -3.36. The number of ether oxygens (including phenoxy) is 2. The number of anilines is 1. The van der Waals surface area contributed by atoms with Gasteiger partial charge in [0.15, 0.2) is 11.4 Å². The molecule has 1 aliphatic heterocycles. The van der Waals surface area contributed by atoms with Crippen molar-refractivity contribution in [2.24, 2.45) is 0 Å². The first-order chi connectivity index (χ1) is 15.9. The lowest BCUT2D eigenvalue weighted by atomic mass is 9.72. The number of benzene rings is 1. The third-order valence-electron chi connectivity index (χ3n) is 6.25. The van der Waals surface area contributed by atoms with Gasteiger partial charge in [-0.15, -0.1) is 0 Å². The van der Waals surface area contributed by atoms with Crippen LogP contribution in [0, 0.1) is 0 Å². The second-order valence-corrected chi connectivity index (χ2v) is 8.32. The summed E-state index contributed by atoms with van der Waals surface area (Å²) in [7, 11) is 3.05. The number of hydrogen-bond donors (Lipinski definition) is 2. The van der Waals surface area contributed by atoms with Crippen molar-refractivity contribution in [1.29, 1.82) is 0 Å². The van der Waals surface area contributed by atoms with Crippen LogP contribution >= 0.6 is 0 Å². The summed E-state index contributed by atoms with van der Waals surface area (Å²) in [5.41, 5.74) is -0.819. The number of hydrogen-bond acceptors (Lipinski definition) is 8. The van der Waals surface area contributed by atoms with Gasteiger partial charge >= 0.3 is 5.97 Å². The number of nitrogens with zero attached hydrogens (tertiary/aromatic N) is 1. The number of rotatable bonds is 9. The zero-order chi connectivity index (χ0) is 23.6. The molecule has 1 aromatic heterocycles. The predicted molar refractivity (Wildman–Crippen MR) is 122 cm³/mol. The number of fused-ring (bicyclic) bond motifs is 2. The molecule has 2 aliphatic rings. The van der Waals surface area contributed by atoms with E-state index in [1.807, 2.05) is 32.2 Å². The van der Waals surface area contributed by atoms with Crippen molar-refractivity contribution < 1.29 is 23.9 Å². The van der Waals surface area contributed by atoms with Crippen molar-refractivity contribution in [3.05, 3.63) is 70.9 Å². The van der Waals surface area contributed by atoms with Crippen molar-refractivity contribution in [3.63, 3.8) is 0 Å². The summed E-state index contributed by atoms with van der Waals surface area (Å²) in [6, 6.07) is 10.5. The van der Waals surface area contributed by atoms with E-state index < -0.39 is 23.0 Å². The molecular formula is C25H27N3O5. The van der Waals surface area contributed by atoms with E-state index in [1.54, 1.807) is 30.5 Å². The number of nitrogens with one attached hydrogen (secondary N) is 2. The van der Waals surface area contributed by atoms with E-state index in [0.29, 0.717) is 6.67 Å². The lowest BCUT2D eigenvalue weighted by Gasteiger charge is -2.22. The Kier molecular flexibility index (Phi) is 6.14. The Bertz CT molecular complexity index is 1140. The van der Waals surface area contributed by atoms with Crippen molar-refractivity contribution in [3.8, 4) is 0 Å². The summed E-state index contributed by atoms with van der Waals surface area (Å²) < 4.78 is 10.6. The molecule has 0 amide bonds. The zero-order valence-electron chi connectivity index (χ0n) is 18.9. The Morgan fingerprint density at radius 3 is 2.61 bits per heavy atom. The van der Waals surface area contributed by atoms with Gasteiger partial charge in [-0.25, -0.2) is 9.78 Å². The lowest BCUT2D eigenvalue weighted by molar-refractivity contribution is -0.145. The van der Waals surface area contributed by atoms with Gasteiger partial charge in [0, 0.05) is 23.7 Å². The van der Waals surface area contributed by atoms with Crippen molar-refractivity contribution in [2.45, 2.75) is 37.4 Å². The van der Waals surface area contributed by atoms with Crippen LogP contribution in [0.25, 0.3) is 0 Å². The highest BCUT2D eigenvalue weighted by atomic mass is 16.7. The predicted octanol–water partition coefficient (Wildman–Crippen LogP) is 2.70. The van der Waals surface area contributed by atoms with Crippen LogP contribution < -0.4 is 10.6 Å². The summed E-state index contributed by atoms with van der Waals surface area (Å²) in [6.45, 7) is 2.58. The number of carbonyl (C=O) groups excluding carboxylic acids is 3.